The Labute approximate surface area is 417 Å². The van der Waals surface area contributed by atoms with Gasteiger partial charge in [0.1, 0.15) is 0 Å². The van der Waals surface area contributed by atoms with Crippen molar-refractivity contribution in [3.63, 3.8) is 0 Å². The molecule has 2 aliphatic heterocycles. The Morgan fingerprint density at radius 3 is 1.07 bits per heavy atom. The Bertz CT molecular complexity index is 2020. The molecule has 4 aliphatic rings. The number of carbonyl (C=O) groups excluding carboxylic acids is 6. The minimum absolute atomic E-state index is 0.0133. The highest BCUT2D eigenvalue weighted by atomic mass is 16.2. The van der Waals surface area contributed by atoms with Gasteiger partial charge in [0.15, 0.2) is 0 Å². The Balaban J connectivity index is 0.955. The Morgan fingerprint density at radius 1 is 0.414 bits per heavy atom. The summed E-state index contributed by atoms with van der Waals surface area (Å²) >= 11 is 0. The van der Waals surface area contributed by atoms with Crippen molar-refractivity contribution < 1.29 is 28.8 Å². The molecular formula is C58H80N6O6. The number of benzene rings is 3. The maximum atomic E-state index is 14.1. The second-order valence-corrected chi connectivity index (χ2v) is 20.7. The van der Waals surface area contributed by atoms with E-state index < -0.39 is 23.7 Å². The number of carbonyl (C=O) groups is 6. The summed E-state index contributed by atoms with van der Waals surface area (Å²) in [5, 5.41) is 12.6. The van der Waals surface area contributed by atoms with Gasteiger partial charge in [-0.25, -0.2) is 0 Å². The van der Waals surface area contributed by atoms with E-state index in [-0.39, 0.29) is 85.5 Å². The molecule has 2 saturated carbocycles. The lowest BCUT2D eigenvalue weighted by Gasteiger charge is -2.18. The highest BCUT2D eigenvalue weighted by Gasteiger charge is 2.48. The molecule has 3 aromatic rings. The molecule has 12 nitrogen and oxygen atoms in total. The summed E-state index contributed by atoms with van der Waals surface area (Å²) in [6, 6.07) is 26.6. The Kier molecular flexibility index (Phi) is 19.9. The van der Waals surface area contributed by atoms with E-state index in [1.807, 2.05) is 36.4 Å². The predicted molar refractivity (Wildman–Crippen MR) is 275 cm³/mol. The van der Waals surface area contributed by atoms with Crippen LogP contribution in [0.2, 0.25) is 0 Å². The van der Waals surface area contributed by atoms with Gasteiger partial charge in [0.2, 0.25) is 23.6 Å². The molecule has 2 aliphatic carbocycles. The van der Waals surface area contributed by atoms with Crippen molar-refractivity contribution in [3.05, 3.63) is 107 Å². The molecule has 0 spiro atoms. The maximum Gasteiger partial charge on any atom is 0.253 e. The molecule has 0 unspecified atom stereocenters. The fraction of sp³-hybridized carbons (Fsp3) is 0.586. The molecule has 0 bridgehead atoms. The van der Waals surface area contributed by atoms with Gasteiger partial charge in [0, 0.05) is 74.3 Å². The van der Waals surface area contributed by atoms with Gasteiger partial charge in [0.25, 0.3) is 11.8 Å². The fourth-order valence-corrected chi connectivity index (χ4v) is 10.8. The molecule has 2 saturated heterocycles. The van der Waals surface area contributed by atoms with E-state index in [9.17, 15) is 28.8 Å². The van der Waals surface area contributed by atoms with Crippen molar-refractivity contribution in [1.29, 1.82) is 0 Å². The van der Waals surface area contributed by atoms with Crippen LogP contribution in [-0.2, 0) is 19.2 Å². The van der Waals surface area contributed by atoms with Gasteiger partial charge >= 0.3 is 0 Å². The van der Waals surface area contributed by atoms with Gasteiger partial charge < -0.3 is 31.1 Å². The van der Waals surface area contributed by atoms with Crippen LogP contribution in [0.4, 0.5) is 0 Å². The molecular weight excluding hydrogens is 877 g/mol. The SMILES string of the molecule is CCCCCCCCCCNC(=O)[C@@H]1CN(C(=O)c2ccc(C(=O)N3C[C@@H](C(=O)NCCCCCCCCCC)[C@H](C(=O)N[C@@H]4C[C@H]4c4ccccc4)C3)cc2)C[C@H]1C(=O)N[C@@H]1C[C@H]1c1ccccc1. The number of hydrogen-bond donors (Lipinski definition) is 4. The monoisotopic (exact) mass is 957 g/mol. The standard InChI is InChI=1S/C58H80N6O6/c1-3-5-7-9-11-13-15-23-33-59-53(65)47-37-63(39-49(47)55(67)61-51-35-45(51)41-25-19-17-20-26-41)57(69)43-29-31-44(32-30-43)58(70)64-38-48(54(66)60-34-24-16-14-12-10-8-6-4-2)50(40-64)56(68)62-52-36-46(52)42-27-21-18-22-28-42/h17-22,25-32,45-52H,3-16,23-24,33-40H2,1-2H3,(H,59,65)(H,60,66)(H,61,67)(H,62,68)/t45-,46-,47+,48+,49+,50+,51+,52+/m0/s1. The number of hydrogen-bond acceptors (Lipinski definition) is 6. The molecule has 378 valence electrons. The Morgan fingerprint density at radius 2 is 0.729 bits per heavy atom. The molecule has 4 fully saturated rings. The summed E-state index contributed by atoms with van der Waals surface area (Å²) in [7, 11) is 0. The van der Waals surface area contributed by atoms with E-state index in [4.69, 9.17) is 0 Å². The summed E-state index contributed by atoms with van der Waals surface area (Å²) in [5.74, 6) is -3.79. The van der Waals surface area contributed by atoms with Crippen molar-refractivity contribution in [2.75, 3.05) is 39.3 Å². The van der Waals surface area contributed by atoms with E-state index in [0.29, 0.717) is 24.2 Å². The van der Waals surface area contributed by atoms with Crippen LogP contribution >= 0.6 is 0 Å². The summed E-state index contributed by atoms with van der Waals surface area (Å²) in [6.45, 7) is 5.93. The number of nitrogens with zero attached hydrogens (tertiary/aromatic N) is 2. The van der Waals surface area contributed by atoms with Gasteiger partial charge in [0.05, 0.1) is 23.7 Å². The lowest BCUT2D eigenvalue weighted by molar-refractivity contribution is -0.133. The van der Waals surface area contributed by atoms with Gasteiger partial charge in [-0.3, -0.25) is 28.8 Å². The molecule has 12 heteroatoms. The fourth-order valence-electron chi connectivity index (χ4n) is 10.8. The third-order valence-corrected chi connectivity index (χ3v) is 15.3. The average Bonchev–Trinajstić information content (AvgIpc) is 4.23. The van der Waals surface area contributed by atoms with Crippen LogP contribution < -0.4 is 21.3 Å². The van der Waals surface area contributed by atoms with E-state index in [1.165, 1.54) is 75.3 Å². The predicted octanol–water partition coefficient (Wildman–Crippen LogP) is 8.92. The minimum Gasteiger partial charge on any atom is -0.356 e. The molecule has 4 N–H and O–H groups in total. The largest absolute Gasteiger partial charge is 0.356 e. The number of rotatable bonds is 28. The van der Waals surface area contributed by atoms with Crippen molar-refractivity contribution in [2.45, 2.75) is 153 Å². The molecule has 8 atom stereocenters. The van der Waals surface area contributed by atoms with Crippen molar-refractivity contribution in [3.8, 4) is 0 Å². The third kappa shape index (κ3) is 14.8. The topological polar surface area (TPSA) is 157 Å². The first kappa shape index (κ1) is 52.3. The van der Waals surface area contributed by atoms with Gasteiger partial charge in [-0.15, -0.1) is 0 Å². The van der Waals surface area contributed by atoms with Crippen LogP contribution in [0.3, 0.4) is 0 Å². The quantitative estimate of drug-likeness (QED) is 0.0533. The first-order valence-electron chi connectivity index (χ1n) is 27.1. The summed E-state index contributed by atoms with van der Waals surface area (Å²) < 4.78 is 0. The summed E-state index contributed by atoms with van der Waals surface area (Å²) in [5.41, 5.74) is 3.04. The van der Waals surface area contributed by atoms with Crippen LogP contribution in [0.5, 0.6) is 0 Å². The Hall–Kier alpha value is -5.52. The number of unbranched alkanes of at least 4 members (excludes halogenated alkanes) is 14. The zero-order chi connectivity index (χ0) is 49.2. The molecule has 0 aromatic heterocycles. The average molecular weight is 957 g/mol. The van der Waals surface area contributed by atoms with Gasteiger partial charge in [-0.05, 0) is 61.1 Å². The lowest BCUT2D eigenvalue weighted by Crippen LogP contribution is -2.42. The smallest absolute Gasteiger partial charge is 0.253 e. The number of likely N-dealkylation sites (tertiary alicyclic amines) is 2. The van der Waals surface area contributed by atoms with Crippen LogP contribution in [0.1, 0.15) is 173 Å². The van der Waals surface area contributed by atoms with Gasteiger partial charge in [-0.2, -0.15) is 0 Å². The number of nitrogens with one attached hydrogen (secondary N) is 4. The molecule has 0 radical (unpaired) electrons. The van der Waals surface area contributed by atoms with Crippen LogP contribution in [0.25, 0.3) is 0 Å². The second kappa shape index (κ2) is 26.6. The van der Waals surface area contributed by atoms with E-state index in [0.717, 1.165) is 51.4 Å². The van der Waals surface area contributed by atoms with Crippen LogP contribution in [-0.4, -0.2) is 96.6 Å². The van der Waals surface area contributed by atoms with E-state index >= 15 is 0 Å². The highest BCUT2D eigenvalue weighted by Crippen LogP contribution is 2.42. The normalized spacial score (nSPS) is 23.4. The second-order valence-electron chi connectivity index (χ2n) is 20.7. The van der Waals surface area contributed by atoms with Crippen LogP contribution in [0.15, 0.2) is 84.9 Å². The number of amides is 6. The first-order valence-corrected chi connectivity index (χ1v) is 27.1. The highest BCUT2D eigenvalue weighted by molar-refractivity contribution is 6.00. The minimum atomic E-state index is -0.699. The molecule has 3 aromatic carbocycles. The van der Waals surface area contributed by atoms with Gasteiger partial charge in [-0.1, -0.05) is 164 Å². The molecule has 7 rings (SSSR count). The molecule has 2 heterocycles. The van der Waals surface area contributed by atoms with Crippen LogP contribution in [0, 0.1) is 23.7 Å². The van der Waals surface area contributed by atoms with Crippen molar-refractivity contribution >= 4 is 35.4 Å². The van der Waals surface area contributed by atoms with Crippen molar-refractivity contribution in [1.82, 2.24) is 31.1 Å². The lowest BCUT2D eigenvalue weighted by atomic mass is 9.94. The third-order valence-electron chi connectivity index (χ3n) is 15.3. The van der Waals surface area contributed by atoms with E-state index in [1.54, 1.807) is 34.1 Å². The zero-order valence-electron chi connectivity index (χ0n) is 42.0. The molecule has 70 heavy (non-hydrogen) atoms. The van der Waals surface area contributed by atoms with E-state index in [2.05, 4.69) is 59.4 Å². The summed E-state index contributed by atoms with van der Waals surface area (Å²) in [6.07, 6.45) is 20.1. The molecule has 6 amide bonds. The van der Waals surface area contributed by atoms with Crippen molar-refractivity contribution in [2.24, 2.45) is 23.7 Å². The summed E-state index contributed by atoms with van der Waals surface area (Å²) in [4.78, 5) is 86.8. The first-order chi connectivity index (χ1) is 34.2. The maximum absolute atomic E-state index is 14.1. The zero-order valence-corrected chi connectivity index (χ0v) is 42.0.